The average molecular weight is 252 g/mol. The van der Waals surface area contributed by atoms with Crippen LogP contribution in [0.15, 0.2) is 12.2 Å². The molecule has 0 aliphatic rings. The molecule has 0 saturated carbocycles. The van der Waals surface area contributed by atoms with Crippen LogP contribution >= 0.6 is 0 Å². The summed E-state index contributed by atoms with van der Waals surface area (Å²) in [5, 5.41) is 0. The summed E-state index contributed by atoms with van der Waals surface area (Å²) >= 11 is 0. The Morgan fingerprint density at radius 3 is 2.39 bits per heavy atom. The summed E-state index contributed by atoms with van der Waals surface area (Å²) in [6.45, 7) is 6.11. The minimum absolute atomic E-state index is 0.379. The highest BCUT2D eigenvalue weighted by Gasteiger charge is 1.98. The van der Waals surface area contributed by atoms with E-state index in [1.165, 1.54) is 64.2 Å². The second-order valence-electron chi connectivity index (χ2n) is 5.37. The second kappa shape index (κ2) is 14.8. The molecule has 0 amide bonds. The number of allylic oxidation sites excluding steroid dienone is 1. The summed E-state index contributed by atoms with van der Waals surface area (Å²) in [6.07, 6.45) is 19.8. The van der Waals surface area contributed by atoms with E-state index in [2.05, 4.69) is 26.0 Å². The molecule has 0 aliphatic carbocycles. The Hall–Kier alpha value is -0.300. The van der Waals surface area contributed by atoms with E-state index in [1.807, 2.05) is 0 Å². The van der Waals surface area contributed by atoms with Gasteiger partial charge in [-0.1, -0.05) is 77.4 Å². The molecule has 1 atom stereocenters. The third-order valence-corrected chi connectivity index (χ3v) is 3.40. The third kappa shape index (κ3) is 13.8. The zero-order valence-corrected chi connectivity index (χ0v) is 12.5. The van der Waals surface area contributed by atoms with Gasteiger partial charge in [-0.05, 0) is 25.7 Å². The Morgan fingerprint density at radius 2 is 1.67 bits per heavy atom. The van der Waals surface area contributed by atoms with Crippen LogP contribution in [-0.4, -0.2) is 6.04 Å². The van der Waals surface area contributed by atoms with Gasteiger partial charge in [-0.2, -0.15) is 0 Å². The lowest BCUT2D eigenvalue weighted by Crippen LogP contribution is -2.18. The minimum atomic E-state index is 0.379. The van der Waals surface area contributed by atoms with Gasteiger partial charge in [-0.25, -0.2) is 0 Å². The maximum absolute atomic E-state index is 6.08. The smallest absolute Gasteiger partial charge is 0.00734 e. The van der Waals surface area contributed by atoms with E-state index in [1.54, 1.807) is 0 Å². The lowest BCUT2D eigenvalue weighted by molar-refractivity contribution is 0.551. The van der Waals surface area contributed by atoms with E-state index in [9.17, 15) is 0 Å². The van der Waals surface area contributed by atoms with Crippen molar-refractivity contribution in [2.45, 2.75) is 90.0 Å². The maximum Gasteiger partial charge on any atom is 0.00734 e. The van der Waals surface area contributed by atoms with Gasteiger partial charge in [-0.3, -0.25) is 0 Å². The van der Waals surface area contributed by atoms with Gasteiger partial charge < -0.3 is 5.73 Å². The van der Waals surface area contributed by atoms with Crippen LogP contribution < -0.4 is 5.73 Å². The standard InChI is InChI=1S/C17H34N/c1-3-5-7-9-10-11-12-14-16-17(18)15-13-8-6-4-2/h12,14,17H,1,3-11,13,15-16,18H2,2H3. The van der Waals surface area contributed by atoms with Crippen molar-refractivity contribution < 1.29 is 0 Å². The summed E-state index contributed by atoms with van der Waals surface area (Å²) in [4.78, 5) is 0. The van der Waals surface area contributed by atoms with E-state index < -0.39 is 0 Å². The topological polar surface area (TPSA) is 26.0 Å². The van der Waals surface area contributed by atoms with Crippen molar-refractivity contribution in [3.63, 3.8) is 0 Å². The number of rotatable bonds is 13. The fraction of sp³-hybridized carbons (Fsp3) is 0.824. The van der Waals surface area contributed by atoms with Gasteiger partial charge in [0.25, 0.3) is 0 Å². The number of nitrogens with two attached hydrogens (primary N) is 1. The van der Waals surface area contributed by atoms with E-state index in [0.717, 1.165) is 12.8 Å². The van der Waals surface area contributed by atoms with Crippen LogP contribution in [0.4, 0.5) is 0 Å². The molecule has 0 aliphatic heterocycles. The highest BCUT2D eigenvalue weighted by atomic mass is 14.6. The summed E-state index contributed by atoms with van der Waals surface area (Å²) in [5.74, 6) is 0. The summed E-state index contributed by atoms with van der Waals surface area (Å²) in [6, 6.07) is 0.379. The van der Waals surface area contributed by atoms with Gasteiger partial charge >= 0.3 is 0 Å². The highest BCUT2D eigenvalue weighted by molar-refractivity contribution is 4.85. The molecule has 1 heteroatoms. The van der Waals surface area contributed by atoms with Crippen LogP contribution in [0.2, 0.25) is 0 Å². The van der Waals surface area contributed by atoms with Gasteiger partial charge in [-0.15, -0.1) is 0 Å². The average Bonchev–Trinajstić information content (AvgIpc) is 2.38. The predicted octanol–water partition coefficient (Wildman–Crippen LogP) is 5.41. The first-order chi connectivity index (χ1) is 8.81. The van der Waals surface area contributed by atoms with Crippen molar-refractivity contribution in [3.8, 4) is 0 Å². The lowest BCUT2D eigenvalue weighted by Gasteiger charge is -2.08. The maximum atomic E-state index is 6.08. The molecular formula is C17H34N. The summed E-state index contributed by atoms with van der Waals surface area (Å²) in [5.41, 5.74) is 6.08. The molecule has 1 unspecified atom stereocenters. The first-order valence-corrected chi connectivity index (χ1v) is 8.01. The van der Waals surface area contributed by atoms with Gasteiger partial charge in [0, 0.05) is 6.04 Å². The molecule has 1 radical (unpaired) electrons. The van der Waals surface area contributed by atoms with Crippen molar-refractivity contribution in [1.29, 1.82) is 0 Å². The van der Waals surface area contributed by atoms with Gasteiger partial charge in [0.15, 0.2) is 0 Å². The molecule has 0 aromatic heterocycles. The SMILES string of the molecule is [CH2]CCCCCCC=CCC(N)CCCCCC. The van der Waals surface area contributed by atoms with Crippen molar-refractivity contribution >= 4 is 0 Å². The molecule has 0 bridgehead atoms. The Kier molecular flexibility index (Phi) is 14.5. The van der Waals surface area contributed by atoms with Crippen molar-refractivity contribution in [2.24, 2.45) is 5.73 Å². The Labute approximate surface area is 115 Å². The summed E-state index contributed by atoms with van der Waals surface area (Å²) in [7, 11) is 0. The van der Waals surface area contributed by atoms with Crippen LogP contribution in [0.25, 0.3) is 0 Å². The largest absolute Gasteiger partial charge is 0.327 e. The molecule has 0 rings (SSSR count). The molecule has 0 aromatic rings. The molecule has 0 spiro atoms. The number of unbranched alkanes of at least 4 members (excludes halogenated alkanes) is 8. The van der Waals surface area contributed by atoms with Crippen LogP contribution in [0.3, 0.4) is 0 Å². The number of hydrogen-bond donors (Lipinski definition) is 1. The Bertz CT molecular complexity index is 174. The monoisotopic (exact) mass is 252 g/mol. The second-order valence-corrected chi connectivity index (χ2v) is 5.37. The van der Waals surface area contributed by atoms with Crippen LogP contribution in [-0.2, 0) is 0 Å². The van der Waals surface area contributed by atoms with Crippen LogP contribution in [0, 0.1) is 6.92 Å². The van der Waals surface area contributed by atoms with E-state index in [4.69, 9.17) is 5.73 Å². The zero-order valence-electron chi connectivity index (χ0n) is 12.5. The van der Waals surface area contributed by atoms with E-state index in [0.29, 0.717) is 6.04 Å². The molecule has 107 valence electrons. The molecule has 2 N–H and O–H groups in total. The van der Waals surface area contributed by atoms with Crippen molar-refractivity contribution in [1.82, 2.24) is 0 Å². The number of hydrogen-bond acceptors (Lipinski definition) is 1. The first kappa shape index (κ1) is 17.7. The Balaban J connectivity index is 3.23. The Morgan fingerprint density at radius 1 is 0.944 bits per heavy atom. The van der Waals surface area contributed by atoms with Crippen LogP contribution in [0.1, 0.15) is 84.0 Å². The molecule has 0 heterocycles. The van der Waals surface area contributed by atoms with Gasteiger partial charge in [0.1, 0.15) is 0 Å². The lowest BCUT2D eigenvalue weighted by atomic mass is 10.0. The predicted molar refractivity (Wildman–Crippen MR) is 83.6 cm³/mol. The van der Waals surface area contributed by atoms with Crippen molar-refractivity contribution in [2.75, 3.05) is 0 Å². The fourth-order valence-corrected chi connectivity index (χ4v) is 2.13. The van der Waals surface area contributed by atoms with Crippen molar-refractivity contribution in [3.05, 3.63) is 19.1 Å². The molecule has 0 saturated heterocycles. The normalized spacial score (nSPS) is 13.3. The molecule has 1 nitrogen and oxygen atoms in total. The molecule has 18 heavy (non-hydrogen) atoms. The summed E-state index contributed by atoms with van der Waals surface area (Å²) < 4.78 is 0. The quantitative estimate of drug-likeness (QED) is 0.344. The highest BCUT2D eigenvalue weighted by Crippen LogP contribution is 2.08. The van der Waals surface area contributed by atoms with E-state index in [-0.39, 0.29) is 0 Å². The van der Waals surface area contributed by atoms with Gasteiger partial charge in [0.2, 0.25) is 0 Å². The van der Waals surface area contributed by atoms with E-state index >= 15 is 0 Å². The third-order valence-electron chi connectivity index (χ3n) is 3.40. The molecule has 0 aromatic carbocycles. The molecular weight excluding hydrogens is 218 g/mol. The fourth-order valence-electron chi connectivity index (χ4n) is 2.13. The molecule has 0 fully saturated rings. The van der Waals surface area contributed by atoms with Gasteiger partial charge in [0.05, 0.1) is 0 Å². The van der Waals surface area contributed by atoms with Crippen LogP contribution in [0.5, 0.6) is 0 Å². The zero-order chi connectivity index (χ0) is 13.5. The first-order valence-electron chi connectivity index (χ1n) is 8.01. The minimum Gasteiger partial charge on any atom is -0.327 e.